The van der Waals surface area contributed by atoms with Gasteiger partial charge in [-0.15, -0.1) is 0 Å². The van der Waals surface area contributed by atoms with E-state index in [1.165, 1.54) is 43.5 Å². The van der Waals surface area contributed by atoms with Gasteiger partial charge in [0.2, 0.25) is 0 Å². The largest absolute Gasteiger partial charge is 0.320 e. The lowest BCUT2D eigenvalue weighted by Gasteiger charge is -2.32. The summed E-state index contributed by atoms with van der Waals surface area (Å²) in [5, 5.41) is 3.25. The molecule has 0 radical (unpaired) electrons. The third-order valence-electron chi connectivity index (χ3n) is 3.85. The number of likely N-dealkylation sites (tertiary alicyclic amines) is 1. The third-order valence-corrected chi connectivity index (χ3v) is 3.85. The molecule has 0 atom stereocenters. The zero-order valence-electron chi connectivity index (χ0n) is 11.7. The molecule has 2 heterocycles. The molecule has 1 fully saturated rings. The van der Waals surface area contributed by atoms with E-state index in [1.807, 2.05) is 19.4 Å². The zero-order chi connectivity index (χ0) is 12.8. The number of rotatable bonds is 5. The predicted molar refractivity (Wildman–Crippen MR) is 75.5 cm³/mol. The topological polar surface area (TPSA) is 28.2 Å². The number of aromatic nitrogens is 1. The summed E-state index contributed by atoms with van der Waals surface area (Å²) in [5.74, 6) is 0.921. The van der Waals surface area contributed by atoms with E-state index >= 15 is 0 Å². The number of aryl methyl sites for hydroxylation is 1. The Morgan fingerprint density at radius 2 is 2.11 bits per heavy atom. The molecule has 1 aromatic rings. The molecule has 1 saturated heterocycles. The molecule has 1 N–H and O–H groups in total. The van der Waals surface area contributed by atoms with Gasteiger partial charge in [-0.2, -0.15) is 0 Å². The molecular formula is C15H25N3. The molecule has 100 valence electrons. The molecule has 1 aliphatic heterocycles. The summed E-state index contributed by atoms with van der Waals surface area (Å²) < 4.78 is 0. The summed E-state index contributed by atoms with van der Waals surface area (Å²) in [4.78, 5) is 6.83. The van der Waals surface area contributed by atoms with Gasteiger partial charge in [0.25, 0.3) is 0 Å². The van der Waals surface area contributed by atoms with Gasteiger partial charge in [-0.25, -0.2) is 0 Å². The van der Waals surface area contributed by atoms with E-state index in [9.17, 15) is 0 Å². The second-order valence-corrected chi connectivity index (χ2v) is 5.48. The summed E-state index contributed by atoms with van der Waals surface area (Å²) in [6, 6.07) is 2.25. The Balaban J connectivity index is 1.76. The van der Waals surface area contributed by atoms with Gasteiger partial charge in [-0.3, -0.25) is 9.88 Å². The van der Waals surface area contributed by atoms with E-state index < -0.39 is 0 Å². The molecule has 18 heavy (non-hydrogen) atoms. The van der Waals surface area contributed by atoms with Crippen molar-refractivity contribution in [1.29, 1.82) is 0 Å². The summed E-state index contributed by atoms with van der Waals surface area (Å²) in [6.07, 6.45) is 7.95. The third kappa shape index (κ3) is 4.07. The second-order valence-electron chi connectivity index (χ2n) is 5.48. The molecule has 3 heteroatoms. The van der Waals surface area contributed by atoms with Crippen LogP contribution in [-0.2, 0) is 6.54 Å². The monoisotopic (exact) mass is 247 g/mol. The maximum atomic E-state index is 4.27. The van der Waals surface area contributed by atoms with Crippen molar-refractivity contribution in [2.75, 3.05) is 26.7 Å². The van der Waals surface area contributed by atoms with Crippen molar-refractivity contribution in [3.63, 3.8) is 0 Å². The minimum absolute atomic E-state index is 0.921. The van der Waals surface area contributed by atoms with Crippen LogP contribution in [0.3, 0.4) is 0 Å². The number of nitrogens with one attached hydrogen (secondary N) is 1. The van der Waals surface area contributed by atoms with Crippen LogP contribution in [0, 0.1) is 12.8 Å². The fourth-order valence-electron chi connectivity index (χ4n) is 2.74. The molecule has 1 aliphatic rings. The van der Waals surface area contributed by atoms with Crippen LogP contribution in [0.25, 0.3) is 0 Å². The van der Waals surface area contributed by atoms with Gasteiger partial charge < -0.3 is 5.32 Å². The molecule has 0 spiro atoms. The highest BCUT2D eigenvalue weighted by atomic mass is 15.1. The first-order valence-corrected chi connectivity index (χ1v) is 7.05. The van der Waals surface area contributed by atoms with Gasteiger partial charge >= 0.3 is 0 Å². The van der Waals surface area contributed by atoms with E-state index in [-0.39, 0.29) is 0 Å². The Morgan fingerprint density at radius 3 is 2.78 bits per heavy atom. The molecule has 2 rings (SSSR count). The van der Waals surface area contributed by atoms with E-state index in [4.69, 9.17) is 0 Å². The van der Waals surface area contributed by atoms with E-state index in [2.05, 4.69) is 28.2 Å². The summed E-state index contributed by atoms with van der Waals surface area (Å²) in [7, 11) is 2.04. The molecule has 0 unspecified atom stereocenters. The van der Waals surface area contributed by atoms with Crippen molar-refractivity contribution in [2.45, 2.75) is 32.7 Å². The first-order valence-electron chi connectivity index (χ1n) is 7.05. The van der Waals surface area contributed by atoms with Gasteiger partial charge in [0, 0.05) is 18.9 Å². The number of pyridine rings is 1. The van der Waals surface area contributed by atoms with Crippen LogP contribution < -0.4 is 5.32 Å². The van der Waals surface area contributed by atoms with Gasteiger partial charge in [-0.1, -0.05) is 6.07 Å². The minimum Gasteiger partial charge on any atom is -0.320 e. The van der Waals surface area contributed by atoms with Gasteiger partial charge in [0.1, 0.15) is 0 Å². The first kappa shape index (κ1) is 13.5. The van der Waals surface area contributed by atoms with Gasteiger partial charge in [0.15, 0.2) is 0 Å². The normalized spacial score (nSPS) is 18.1. The molecule has 0 bridgehead atoms. The van der Waals surface area contributed by atoms with Gasteiger partial charge in [0.05, 0.1) is 0 Å². The predicted octanol–water partition coefficient (Wildman–Crippen LogP) is 2.21. The Kier molecular flexibility index (Phi) is 5.14. The number of hydrogen-bond donors (Lipinski definition) is 1. The molecular weight excluding hydrogens is 222 g/mol. The Bertz CT molecular complexity index is 357. The van der Waals surface area contributed by atoms with Crippen molar-refractivity contribution in [1.82, 2.24) is 15.2 Å². The highest BCUT2D eigenvalue weighted by Crippen LogP contribution is 2.21. The van der Waals surface area contributed by atoms with Crippen molar-refractivity contribution < 1.29 is 0 Å². The smallest absolute Gasteiger partial charge is 0.0313 e. The van der Waals surface area contributed by atoms with E-state index in [1.54, 1.807) is 0 Å². The average Bonchev–Trinajstić information content (AvgIpc) is 2.38. The maximum absolute atomic E-state index is 4.27. The van der Waals surface area contributed by atoms with Crippen LogP contribution in [-0.4, -0.2) is 36.6 Å². The van der Waals surface area contributed by atoms with Crippen molar-refractivity contribution in [3.05, 3.63) is 29.6 Å². The summed E-state index contributed by atoms with van der Waals surface area (Å²) >= 11 is 0. The lowest BCUT2D eigenvalue weighted by Crippen LogP contribution is -2.34. The SMILES string of the molecule is CNCCC1CCN(Cc2cncc(C)c2)CC1. The zero-order valence-corrected chi connectivity index (χ0v) is 11.7. The number of nitrogens with zero attached hydrogens (tertiary/aromatic N) is 2. The molecule has 0 saturated carbocycles. The van der Waals surface area contributed by atoms with Crippen LogP contribution in [0.1, 0.15) is 30.4 Å². The fourth-order valence-corrected chi connectivity index (χ4v) is 2.74. The summed E-state index contributed by atoms with van der Waals surface area (Å²) in [5.41, 5.74) is 2.61. The van der Waals surface area contributed by atoms with E-state index in [0.717, 1.165) is 19.0 Å². The molecule has 1 aromatic heterocycles. The fraction of sp³-hybridized carbons (Fsp3) is 0.667. The minimum atomic E-state index is 0.921. The van der Waals surface area contributed by atoms with Crippen LogP contribution in [0.5, 0.6) is 0 Å². The highest BCUT2D eigenvalue weighted by Gasteiger charge is 2.18. The molecule has 3 nitrogen and oxygen atoms in total. The standard InChI is InChI=1S/C15H25N3/c1-13-9-15(11-17-10-13)12-18-7-4-14(5-8-18)3-6-16-2/h9-11,14,16H,3-8,12H2,1-2H3. The highest BCUT2D eigenvalue weighted by molar-refractivity contribution is 5.16. The number of hydrogen-bond acceptors (Lipinski definition) is 3. The van der Waals surface area contributed by atoms with Crippen LogP contribution >= 0.6 is 0 Å². The first-order chi connectivity index (χ1) is 8.78. The molecule has 0 amide bonds. The Hall–Kier alpha value is -0.930. The van der Waals surface area contributed by atoms with Crippen LogP contribution in [0.15, 0.2) is 18.5 Å². The lowest BCUT2D eigenvalue weighted by atomic mass is 9.93. The van der Waals surface area contributed by atoms with Crippen molar-refractivity contribution >= 4 is 0 Å². The Labute approximate surface area is 111 Å². The Morgan fingerprint density at radius 1 is 1.33 bits per heavy atom. The maximum Gasteiger partial charge on any atom is 0.0313 e. The quantitative estimate of drug-likeness (QED) is 0.864. The molecule has 0 aromatic carbocycles. The molecule has 0 aliphatic carbocycles. The van der Waals surface area contributed by atoms with Crippen molar-refractivity contribution in [3.8, 4) is 0 Å². The lowest BCUT2D eigenvalue weighted by molar-refractivity contribution is 0.172. The van der Waals surface area contributed by atoms with E-state index in [0.29, 0.717) is 0 Å². The second kappa shape index (κ2) is 6.86. The average molecular weight is 247 g/mol. The van der Waals surface area contributed by atoms with Gasteiger partial charge in [-0.05, 0) is 69.9 Å². The number of piperidine rings is 1. The van der Waals surface area contributed by atoms with Crippen molar-refractivity contribution in [2.24, 2.45) is 5.92 Å². The summed E-state index contributed by atoms with van der Waals surface area (Å²) in [6.45, 7) is 6.81. The van der Waals surface area contributed by atoms with Crippen LogP contribution in [0.2, 0.25) is 0 Å². The van der Waals surface area contributed by atoms with Crippen LogP contribution in [0.4, 0.5) is 0 Å².